The molecule has 0 bridgehead atoms. The number of hydrogen-bond donors (Lipinski definition) is 3. The minimum atomic E-state index is -0.202. The first-order valence-corrected chi connectivity index (χ1v) is 8.59. The van der Waals surface area contributed by atoms with Crippen LogP contribution in [0.5, 0.6) is 0 Å². The average Bonchev–Trinajstić information content (AvgIpc) is 3.05. The van der Waals surface area contributed by atoms with Gasteiger partial charge in [0, 0.05) is 25.6 Å². The van der Waals surface area contributed by atoms with Crippen LogP contribution in [0.2, 0.25) is 0 Å². The second kappa shape index (κ2) is 9.87. The Morgan fingerprint density at radius 2 is 1.70 bits per heavy atom. The van der Waals surface area contributed by atoms with Crippen LogP contribution in [0.15, 0.2) is 30.3 Å². The second-order valence-electron chi connectivity index (χ2n) is 6.07. The lowest BCUT2D eigenvalue weighted by molar-refractivity contribution is -0.121. The second-order valence-corrected chi connectivity index (χ2v) is 6.07. The Kier molecular flexibility index (Phi) is 7.43. The van der Waals surface area contributed by atoms with E-state index < -0.39 is 0 Å². The smallest absolute Gasteiger partial charge is 0.314 e. The molecule has 0 heterocycles. The molecule has 3 N–H and O–H groups in total. The molecule has 3 amide bonds. The summed E-state index contributed by atoms with van der Waals surface area (Å²) in [5.74, 6) is 0.0290. The van der Waals surface area contributed by atoms with E-state index in [0.29, 0.717) is 25.6 Å². The van der Waals surface area contributed by atoms with Gasteiger partial charge < -0.3 is 16.0 Å². The Bertz CT molecular complexity index is 484. The monoisotopic (exact) mass is 317 g/mol. The Balaban J connectivity index is 1.47. The minimum absolute atomic E-state index is 0.0290. The van der Waals surface area contributed by atoms with Crippen LogP contribution in [-0.2, 0) is 11.2 Å². The van der Waals surface area contributed by atoms with E-state index in [0.717, 1.165) is 25.7 Å². The zero-order valence-corrected chi connectivity index (χ0v) is 13.6. The summed E-state index contributed by atoms with van der Waals surface area (Å²) in [6.07, 6.45) is 6.77. The van der Waals surface area contributed by atoms with E-state index in [1.54, 1.807) is 0 Å². The molecule has 5 heteroatoms. The quantitative estimate of drug-likeness (QED) is 0.644. The summed E-state index contributed by atoms with van der Waals surface area (Å²) >= 11 is 0. The molecule has 2 rings (SSSR count). The summed E-state index contributed by atoms with van der Waals surface area (Å²) < 4.78 is 0. The highest BCUT2D eigenvalue weighted by atomic mass is 16.2. The third kappa shape index (κ3) is 7.17. The predicted molar refractivity (Wildman–Crippen MR) is 91.2 cm³/mol. The number of carbonyl (C=O) groups excluding carboxylic acids is 2. The fraction of sp³-hybridized carbons (Fsp3) is 0.556. The molecule has 0 radical (unpaired) electrons. The van der Waals surface area contributed by atoms with Gasteiger partial charge >= 0.3 is 6.03 Å². The van der Waals surface area contributed by atoms with E-state index in [1.165, 1.54) is 18.4 Å². The number of aryl methyl sites for hydroxylation is 1. The molecule has 1 aromatic carbocycles. The molecule has 1 saturated carbocycles. The van der Waals surface area contributed by atoms with Crippen molar-refractivity contribution < 1.29 is 9.59 Å². The third-order valence-corrected chi connectivity index (χ3v) is 4.13. The molecule has 0 saturated heterocycles. The number of nitrogens with one attached hydrogen (secondary N) is 3. The van der Waals surface area contributed by atoms with E-state index >= 15 is 0 Å². The topological polar surface area (TPSA) is 70.2 Å². The lowest BCUT2D eigenvalue weighted by Gasteiger charge is -2.12. The predicted octanol–water partition coefficient (Wildman–Crippen LogP) is 2.37. The van der Waals surface area contributed by atoms with Crippen molar-refractivity contribution in [1.29, 1.82) is 0 Å². The van der Waals surface area contributed by atoms with Crippen molar-refractivity contribution in [1.82, 2.24) is 16.0 Å². The van der Waals surface area contributed by atoms with Gasteiger partial charge in [-0.15, -0.1) is 0 Å². The Hall–Kier alpha value is -2.04. The third-order valence-electron chi connectivity index (χ3n) is 4.13. The molecule has 1 aromatic rings. The first kappa shape index (κ1) is 17.3. The number of amides is 3. The van der Waals surface area contributed by atoms with Gasteiger partial charge in [0.1, 0.15) is 0 Å². The zero-order chi connectivity index (χ0) is 16.3. The molecule has 23 heavy (non-hydrogen) atoms. The SMILES string of the molecule is O=C(CCNC(=O)NCCCc1ccccc1)NC1CCCC1. The number of rotatable bonds is 8. The molecule has 0 aliphatic heterocycles. The summed E-state index contributed by atoms with van der Waals surface area (Å²) in [4.78, 5) is 23.3. The highest BCUT2D eigenvalue weighted by Gasteiger charge is 2.16. The molecular formula is C18H27N3O2. The Morgan fingerprint density at radius 1 is 1.00 bits per heavy atom. The van der Waals surface area contributed by atoms with Gasteiger partial charge in [0.05, 0.1) is 0 Å². The highest BCUT2D eigenvalue weighted by molar-refractivity contribution is 5.78. The van der Waals surface area contributed by atoms with E-state index in [-0.39, 0.29) is 11.9 Å². The Labute approximate surface area is 138 Å². The van der Waals surface area contributed by atoms with Crippen molar-refractivity contribution >= 4 is 11.9 Å². The fourth-order valence-corrected chi connectivity index (χ4v) is 2.86. The summed E-state index contributed by atoms with van der Waals surface area (Å²) in [6.45, 7) is 1.01. The normalized spacial score (nSPS) is 14.4. The maximum Gasteiger partial charge on any atom is 0.314 e. The maximum absolute atomic E-state index is 11.7. The van der Waals surface area contributed by atoms with Crippen molar-refractivity contribution in [2.24, 2.45) is 0 Å². The molecule has 5 nitrogen and oxygen atoms in total. The van der Waals surface area contributed by atoms with Gasteiger partial charge in [-0.1, -0.05) is 43.2 Å². The molecule has 0 aromatic heterocycles. The minimum Gasteiger partial charge on any atom is -0.353 e. The molecule has 1 aliphatic carbocycles. The van der Waals surface area contributed by atoms with Gasteiger partial charge in [-0.25, -0.2) is 4.79 Å². The van der Waals surface area contributed by atoms with E-state index in [9.17, 15) is 9.59 Å². The van der Waals surface area contributed by atoms with Crippen molar-refractivity contribution in [2.75, 3.05) is 13.1 Å². The first-order valence-electron chi connectivity index (χ1n) is 8.59. The zero-order valence-electron chi connectivity index (χ0n) is 13.6. The van der Waals surface area contributed by atoms with Gasteiger partial charge in [-0.3, -0.25) is 4.79 Å². The van der Waals surface area contributed by atoms with Crippen LogP contribution in [0.25, 0.3) is 0 Å². The van der Waals surface area contributed by atoms with Crippen LogP contribution in [0.1, 0.15) is 44.1 Å². The standard InChI is InChI=1S/C18H27N3O2/c22-17(21-16-10-4-5-11-16)12-14-20-18(23)19-13-6-9-15-7-2-1-3-8-15/h1-3,7-8,16H,4-6,9-14H2,(H,21,22)(H2,19,20,23). The summed E-state index contributed by atoms with van der Waals surface area (Å²) in [7, 11) is 0. The number of benzene rings is 1. The summed E-state index contributed by atoms with van der Waals surface area (Å²) in [6, 6.07) is 10.4. The van der Waals surface area contributed by atoms with Crippen LogP contribution < -0.4 is 16.0 Å². The first-order chi connectivity index (χ1) is 11.2. The average molecular weight is 317 g/mol. The van der Waals surface area contributed by atoms with Crippen molar-refractivity contribution in [2.45, 2.75) is 51.0 Å². The molecule has 1 aliphatic rings. The van der Waals surface area contributed by atoms with Gasteiger partial charge in [0.15, 0.2) is 0 Å². The van der Waals surface area contributed by atoms with E-state index in [2.05, 4.69) is 28.1 Å². The van der Waals surface area contributed by atoms with Crippen LogP contribution in [0.4, 0.5) is 4.79 Å². The lowest BCUT2D eigenvalue weighted by atomic mass is 10.1. The lowest BCUT2D eigenvalue weighted by Crippen LogP contribution is -2.39. The van der Waals surface area contributed by atoms with E-state index in [1.807, 2.05) is 18.2 Å². The molecule has 126 valence electrons. The molecular weight excluding hydrogens is 290 g/mol. The fourth-order valence-electron chi connectivity index (χ4n) is 2.86. The Morgan fingerprint density at radius 3 is 2.43 bits per heavy atom. The van der Waals surface area contributed by atoms with Gasteiger partial charge in [0.2, 0.25) is 5.91 Å². The van der Waals surface area contributed by atoms with Crippen LogP contribution >= 0.6 is 0 Å². The molecule has 0 spiro atoms. The number of hydrogen-bond acceptors (Lipinski definition) is 2. The van der Waals surface area contributed by atoms with Crippen molar-refractivity contribution in [3.05, 3.63) is 35.9 Å². The van der Waals surface area contributed by atoms with Gasteiger partial charge in [-0.05, 0) is 31.2 Å². The van der Waals surface area contributed by atoms with Gasteiger partial charge in [0.25, 0.3) is 0 Å². The van der Waals surface area contributed by atoms with Crippen molar-refractivity contribution in [3.63, 3.8) is 0 Å². The number of carbonyl (C=O) groups is 2. The maximum atomic E-state index is 11.7. The molecule has 0 unspecified atom stereocenters. The van der Waals surface area contributed by atoms with Crippen molar-refractivity contribution in [3.8, 4) is 0 Å². The van der Waals surface area contributed by atoms with E-state index in [4.69, 9.17) is 0 Å². The van der Waals surface area contributed by atoms with Crippen LogP contribution in [-0.4, -0.2) is 31.1 Å². The summed E-state index contributed by atoms with van der Waals surface area (Å²) in [5.41, 5.74) is 1.28. The molecule has 1 fully saturated rings. The van der Waals surface area contributed by atoms with Crippen LogP contribution in [0.3, 0.4) is 0 Å². The summed E-state index contributed by atoms with van der Waals surface area (Å²) in [5, 5.41) is 8.56. The number of urea groups is 1. The largest absolute Gasteiger partial charge is 0.353 e. The van der Waals surface area contributed by atoms with Crippen LogP contribution in [0, 0.1) is 0 Å². The molecule has 0 atom stereocenters. The highest BCUT2D eigenvalue weighted by Crippen LogP contribution is 2.17. The van der Waals surface area contributed by atoms with Gasteiger partial charge in [-0.2, -0.15) is 0 Å².